The molecule has 0 spiro atoms. The molecule has 2 aliphatic heterocycles. The van der Waals surface area contributed by atoms with Crippen LogP contribution < -0.4 is 0 Å². The van der Waals surface area contributed by atoms with Crippen LogP contribution in [0.2, 0.25) is 5.02 Å². The summed E-state index contributed by atoms with van der Waals surface area (Å²) < 4.78 is 18.9. The molecule has 6 heteroatoms. The number of hydrogen-bond donors (Lipinski definition) is 0. The second-order valence-electron chi connectivity index (χ2n) is 5.55. The molecule has 0 amide bonds. The van der Waals surface area contributed by atoms with E-state index in [2.05, 4.69) is 9.88 Å². The summed E-state index contributed by atoms with van der Waals surface area (Å²) in [4.78, 5) is 5.75. The van der Waals surface area contributed by atoms with Crippen LogP contribution in [0, 0.1) is 11.9 Å². The molecule has 2 aliphatic rings. The molecule has 118 valence electrons. The number of hydrogen-bond acceptors (Lipinski definition) is 3. The minimum Gasteiger partial charge on any atom is -0.381 e. The molecular weight excluding hydrogens is 326 g/mol. The fraction of sp³-hybridized carbons (Fsp3) is 0.438. The normalized spacial score (nSPS) is 19.9. The fourth-order valence-corrected chi connectivity index (χ4v) is 3.41. The van der Waals surface area contributed by atoms with Gasteiger partial charge in [0.15, 0.2) is 0 Å². The first-order valence-electron chi connectivity index (χ1n) is 7.35. The molecule has 1 fully saturated rings. The van der Waals surface area contributed by atoms with Gasteiger partial charge in [-0.25, -0.2) is 4.98 Å². The van der Waals surface area contributed by atoms with E-state index in [4.69, 9.17) is 27.9 Å². The molecule has 0 aliphatic carbocycles. The summed E-state index contributed by atoms with van der Waals surface area (Å²) >= 11 is 12.6. The van der Waals surface area contributed by atoms with Crippen LogP contribution in [0.5, 0.6) is 0 Å². The van der Waals surface area contributed by atoms with E-state index in [1.54, 1.807) is 0 Å². The van der Waals surface area contributed by atoms with Gasteiger partial charge in [-0.05, 0) is 24.8 Å². The van der Waals surface area contributed by atoms with Gasteiger partial charge in [-0.3, -0.25) is 0 Å². The molecule has 22 heavy (non-hydrogen) atoms. The molecule has 0 bridgehead atoms. The van der Waals surface area contributed by atoms with Gasteiger partial charge in [-0.1, -0.05) is 29.3 Å². The average molecular weight is 343 g/mol. The van der Waals surface area contributed by atoms with E-state index in [1.165, 1.54) is 12.3 Å². The van der Waals surface area contributed by atoms with E-state index >= 15 is 0 Å². The Morgan fingerprint density at radius 2 is 2.09 bits per heavy atom. The fourth-order valence-electron chi connectivity index (χ4n) is 2.90. The second kappa shape index (κ2) is 6.99. The molecule has 1 saturated heterocycles. The van der Waals surface area contributed by atoms with Crippen molar-refractivity contribution in [2.75, 3.05) is 26.3 Å². The molecule has 0 atom stereocenters. The highest BCUT2D eigenvalue weighted by molar-refractivity contribution is 6.36. The standard InChI is InChI=1S/C16H17Cl2FN2O/c17-13-2-1-5-21(10-11-3-6-22-7-4-11)16(13)12-8-15(19)20-9-14(12)18/h1-2,8-9,11H,3-7,10H2. The Hall–Kier alpha value is -1.10. The van der Waals surface area contributed by atoms with Gasteiger partial charge in [-0.2, -0.15) is 4.39 Å². The van der Waals surface area contributed by atoms with E-state index in [1.807, 2.05) is 12.2 Å². The van der Waals surface area contributed by atoms with Crippen molar-refractivity contribution in [3.63, 3.8) is 0 Å². The van der Waals surface area contributed by atoms with Gasteiger partial charge >= 0.3 is 0 Å². The van der Waals surface area contributed by atoms with Crippen molar-refractivity contribution in [1.29, 1.82) is 0 Å². The van der Waals surface area contributed by atoms with Gasteiger partial charge in [0, 0.05) is 44.1 Å². The zero-order valence-corrected chi connectivity index (χ0v) is 13.6. The molecule has 0 aromatic carbocycles. The van der Waals surface area contributed by atoms with Gasteiger partial charge in [0.05, 0.1) is 15.8 Å². The number of pyridine rings is 1. The predicted molar refractivity (Wildman–Crippen MR) is 86.2 cm³/mol. The minimum absolute atomic E-state index is 0.404. The highest BCUT2D eigenvalue weighted by Gasteiger charge is 2.24. The number of nitrogens with zero attached hydrogens (tertiary/aromatic N) is 2. The summed E-state index contributed by atoms with van der Waals surface area (Å²) in [5, 5.41) is 0.979. The summed E-state index contributed by atoms with van der Waals surface area (Å²) in [6, 6.07) is 1.34. The Balaban J connectivity index is 1.89. The van der Waals surface area contributed by atoms with Gasteiger partial charge in [0.25, 0.3) is 0 Å². The van der Waals surface area contributed by atoms with E-state index in [0.29, 0.717) is 21.5 Å². The highest BCUT2D eigenvalue weighted by Crippen LogP contribution is 2.34. The van der Waals surface area contributed by atoms with Crippen LogP contribution in [-0.4, -0.2) is 36.2 Å². The maximum Gasteiger partial charge on any atom is 0.213 e. The van der Waals surface area contributed by atoms with Crippen molar-refractivity contribution >= 4 is 28.9 Å². The smallest absolute Gasteiger partial charge is 0.213 e. The topological polar surface area (TPSA) is 25.4 Å². The zero-order valence-electron chi connectivity index (χ0n) is 12.1. The molecule has 0 unspecified atom stereocenters. The van der Waals surface area contributed by atoms with E-state index in [-0.39, 0.29) is 0 Å². The monoisotopic (exact) mass is 342 g/mol. The lowest BCUT2D eigenvalue weighted by molar-refractivity contribution is 0.0595. The van der Waals surface area contributed by atoms with E-state index in [0.717, 1.165) is 44.8 Å². The first kappa shape index (κ1) is 15.8. The summed E-state index contributed by atoms with van der Waals surface area (Å²) in [6.07, 6.45) is 7.24. The Labute approximate surface area is 139 Å². The van der Waals surface area contributed by atoms with Gasteiger partial charge < -0.3 is 9.64 Å². The van der Waals surface area contributed by atoms with Crippen molar-refractivity contribution in [2.45, 2.75) is 12.8 Å². The first-order valence-corrected chi connectivity index (χ1v) is 8.11. The Morgan fingerprint density at radius 3 is 2.86 bits per heavy atom. The van der Waals surface area contributed by atoms with Crippen molar-refractivity contribution in [3.8, 4) is 0 Å². The van der Waals surface area contributed by atoms with Crippen molar-refractivity contribution in [3.05, 3.63) is 46.0 Å². The summed E-state index contributed by atoms with van der Waals surface area (Å²) in [5.74, 6) is -0.0119. The quantitative estimate of drug-likeness (QED) is 0.774. The Bertz CT molecular complexity index is 612. The Kier molecular flexibility index (Phi) is 5.01. The molecule has 3 rings (SSSR count). The van der Waals surface area contributed by atoms with Crippen molar-refractivity contribution in [1.82, 2.24) is 9.88 Å². The average Bonchev–Trinajstić information content (AvgIpc) is 2.51. The summed E-state index contributed by atoms with van der Waals surface area (Å²) in [5.41, 5.74) is 1.37. The van der Waals surface area contributed by atoms with Crippen LogP contribution in [0.15, 0.2) is 29.4 Å². The van der Waals surface area contributed by atoms with Crippen molar-refractivity contribution < 1.29 is 9.13 Å². The molecule has 3 heterocycles. The van der Waals surface area contributed by atoms with Crippen LogP contribution in [0.3, 0.4) is 0 Å². The third kappa shape index (κ3) is 3.45. The molecule has 3 nitrogen and oxygen atoms in total. The van der Waals surface area contributed by atoms with Gasteiger partial charge in [0.2, 0.25) is 5.95 Å². The largest absolute Gasteiger partial charge is 0.381 e. The second-order valence-corrected chi connectivity index (χ2v) is 6.36. The van der Waals surface area contributed by atoms with Crippen LogP contribution >= 0.6 is 23.2 Å². The van der Waals surface area contributed by atoms with Crippen LogP contribution in [0.1, 0.15) is 18.4 Å². The highest BCUT2D eigenvalue weighted by atomic mass is 35.5. The molecule has 0 N–H and O–H groups in total. The lowest BCUT2D eigenvalue weighted by Gasteiger charge is -2.34. The third-order valence-electron chi connectivity index (χ3n) is 4.03. The molecular formula is C16H17Cl2FN2O. The predicted octanol–water partition coefficient (Wildman–Crippen LogP) is 4.08. The Morgan fingerprint density at radius 1 is 1.32 bits per heavy atom. The van der Waals surface area contributed by atoms with Gasteiger partial charge in [-0.15, -0.1) is 0 Å². The number of allylic oxidation sites excluding steroid dienone is 2. The third-order valence-corrected chi connectivity index (χ3v) is 4.64. The molecule has 0 radical (unpaired) electrons. The maximum atomic E-state index is 13.5. The van der Waals surface area contributed by atoms with E-state index < -0.39 is 5.95 Å². The SMILES string of the molecule is Fc1cc(C2=C(Cl)C=CCN2CC2CCOCC2)c(Cl)cn1. The summed E-state index contributed by atoms with van der Waals surface area (Å²) in [6.45, 7) is 3.19. The summed E-state index contributed by atoms with van der Waals surface area (Å²) in [7, 11) is 0. The number of aromatic nitrogens is 1. The molecule has 1 aromatic rings. The van der Waals surface area contributed by atoms with Gasteiger partial charge in [0.1, 0.15) is 0 Å². The lowest BCUT2D eigenvalue weighted by atomic mass is 9.98. The first-order chi connectivity index (χ1) is 10.6. The van der Waals surface area contributed by atoms with Crippen LogP contribution in [-0.2, 0) is 4.74 Å². The van der Waals surface area contributed by atoms with Crippen molar-refractivity contribution in [2.24, 2.45) is 5.92 Å². The number of rotatable bonds is 3. The molecule has 1 aromatic heterocycles. The lowest BCUT2D eigenvalue weighted by Crippen LogP contribution is -2.33. The van der Waals surface area contributed by atoms with Crippen LogP contribution in [0.4, 0.5) is 4.39 Å². The van der Waals surface area contributed by atoms with E-state index in [9.17, 15) is 4.39 Å². The number of halogens is 3. The van der Waals surface area contributed by atoms with Crippen LogP contribution in [0.25, 0.3) is 5.70 Å². The minimum atomic E-state index is -0.558. The number of ether oxygens (including phenoxy) is 1. The maximum absolute atomic E-state index is 13.5. The molecule has 0 saturated carbocycles. The zero-order chi connectivity index (χ0) is 15.5.